The van der Waals surface area contributed by atoms with E-state index >= 15 is 0 Å². The van der Waals surface area contributed by atoms with Gasteiger partial charge in [-0.3, -0.25) is 0 Å². The van der Waals surface area contributed by atoms with Gasteiger partial charge >= 0.3 is 0 Å². The predicted octanol–water partition coefficient (Wildman–Crippen LogP) is 0.261. The molecule has 1 fully saturated rings. The average Bonchev–Trinajstić information content (AvgIpc) is 2.48. The first-order valence-electron chi connectivity index (χ1n) is 2.98. The molecule has 0 unspecified atom stereocenters. The second-order valence-corrected chi connectivity index (χ2v) is 2.39. The van der Waals surface area contributed by atoms with E-state index in [2.05, 4.69) is 0 Å². The Kier molecular flexibility index (Phi) is 1.86. The SMILES string of the molecule is COC[C@@H]1C[C@H]1CO. The topological polar surface area (TPSA) is 29.5 Å². The molecule has 0 aromatic heterocycles. The molecule has 1 N–H and O–H groups in total. The zero-order valence-electron chi connectivity index (χ0n) is 5.13. The minimum absolute atomic E-state index is 0.341. The van der Waals surface area contributed by atoms with Crippen LogP contribution in [0.4, 0.5) is 0 Å². The number of methoxy groups -OCH3 is 1. The van der Waals surface area contributed by atoms with Gasteiger partial charge in [0, 0.05) is 20.3 Å². The van der Waals surface area contributed by atoms with Crippen LogP contribution in [0.25, 0.3) is 0 Å². The van der Waals surface area contributed by atoms with Gasteiger partial charge in [-0.25, -0.2) is 0 Å². The molecule has 1 aliphatic rings. The van der Waals surface area contributed by atoms with Gasteiger partial charge < -0.3 is 9.84 Å². The van der Waals surface area contributed by atoms with Gasteiger partial charge in [0.1, 0.15) is 0 Å². The van der Waals surface area contributed by atoms with Crippen LogP contribution in [0.5, 0.6) is 0 Å². The van der Waals surface area contributed by atoms with Crippen LogP contribution in [0.1, 0.15) is 6.42 Å². The number of ether oxygens (including phenoxy) is 1. The minimum atomic E-state index is 0.341. The second-order valence-electron chi connectivity index (χ2n) is 2.39. The van der Waals surface area contributed by atoms with Crippen molar-refractivity contribution in [3.63, 3.8) is 0 Å². The normalized spacial score (nSPS) is 35.2. The van der Waals surface area contributed by atoms with Gasteiger partial charge in [-0.1, -0.05) is 0 Å². The van der Waals surface area contributed by atoms with Crippen molar-refractivity contribution in [1.82, 2.24) is 0 Å². The quantitative estimate of drug-likeness (QED) is 0.573. The van der Waals surface area contributed by atoms with Gasteiger partial charge in [0.15, 0.2) is 0 Å². The predicted molar refractivity (Wildman–Crippen MR) is 30.6 cm³/mol. The zero-order valence-corrected chi connectivity index (χ0v) is 5.13. The van der Waals surface area contributed by atoms with Crippen molar-refractivity contribution >= 4 is 0 Å². The molecule has 2 heteroatoms. The van der Waals surface area contributed by atoms with Crippen LogP contribution in [-0.2, 0) is 4.74 Å². The maximum Gasteiger partial charge on any atom is 0.0494 e. The van der Waals surface area contributed by atoms with Crippen molar-refractivity contribution in [2.45, 2.75) is 6.42 Å². The fourth-order valence-electron chi connectivity index (χ4n) is 0.952. The van der Waals surface area contributed by atoms with Crippen LogP contribution in [0, 0.1) is 11.8 Å². The van der Waals surface area contributed by atoms with Gasteiger partial charge in [-0.2, -0.15) is 0 Å². The summed E-state index contributed by atoms with van der Waals surface area (Å²) in [7, 11) is 1.70. The molecule has 0 bridgehead atoms. The lowest BCUT2D eigenvalue weighted by Gasteiger charge is -1.92. The lowest BCUT2D eigenvalue weighted by molar-refractivity contribution is 0.171. The summed E-state index contributed by atoms with van der Waals surface area (Å²) in [5, 5.41) is 8.55. The Morgan fingerprint density at radius 3 is 2.75 bits per heavy atom. The van der Waals surface area contributed by atoms with E-state index in [1.165, 1.54) is 0 Å². The number of aliphatic hydroxyl groups excluding tert-OH is 1. The Hall–Kier alpha value is -0.0800. The van der Waals surface area contributed by atoms with Crippen molar-refractivity contribution < 1.29 is 9.84 Å². The largest absolute Gasteiger partial charge is 0.396 e. The molecule has 0 amide bonds. The monoisotopic (exact) mass is 116 g/mol. The molecule has 0 radical (unpaired) electrons. The molecule has 2 atom stereocenters. The van der Waals surface area contributed by atoms with Crippen LogP contribution >= 0.6 is 0 Å². The highest BCUT2D eigenvalue weighted by atomic mass is 16.5. The van der Waals surface area contributed by atoms with E-state index in [1.807, 2.05) is 0 Å². The van der Waals surface area contributed by atoms with Gasteiger partial charge in [-0.15, -0.1) is 0 Å². The highest BCUT2D eigenvalue weighted by molar-refractivity contribution is 4.84. The van der Waals surface area contributed by atoms with Gasteiger partial charge in [0.05, 0.1) is 0 Å². The number of hydrogen-bond donors (Lipinski definition) is 1. The van der Waals surface area contributed by atoms with Crippen LogP contribution in [0.3, 0.4) is 0 Å². The maximum atomic E-state index is 8.55. The lowest BCUT2D eigenvalue weighted by Crippen LogP contribution is -1.95. The molecule has 0 aromatic rings. The van der Waals surface area contributed by atoms with Crippen molar-refractivity contribution in [1.29, 1.82) is 0 Å². The lowest BCUT2D eigenvalue weighted by atomic mass is 10.3. The van der Waals surface area contributed by atoms with E-state index in [9.17, 15) is 0 Å². The maximum absolute atomic E-state index is 8.55. The molecular formula is C6H12O2. The summed E-state index contributed by atoms with van der Waals surface area (Å²) in [5.41, 5.74) is 0. The van der Waals surface area contributed by atoms with Gasteiger partial charge in [0.2, 0.25) is 0 Å². The molecule has 1 rings (SSSR count). The third kappa shape index (κ3) is 1.20. The molecule has 0 aliphatic heterocycles. The van der Waals surface area contributed by atoms with E-state index in [0.29, 0.717) is 18.4 Å². The Bertz CT molecular complexity index is 72.9. The number of aliphatic hydroxyl groups is 1. The summed E-state index contributed by atoms with van der Waals surface area (Å²) in [6.45, 7) is 1.17. The molecule has 0 aromatic carbocycles. The van der Waals surface area contributed by atoms with Gasteiger partial charge in [0.25, 0.3) is 0 Å². The molecule has 2 nitrogen and oxygen atoms in total. The Morgan fingerprint density at radius 1 is 1.62 bits per heavy atom. The van der Waals surface area contributed by atoms with Crippen LogP contribution in [0.15, 0.2) is 0 Å². The van der Waals surface area contributed by atoms with Crippen molar-refractivity contribution in [2.24, 2.45) is 11.8 Å². The van der Waals surface area contributed by atoms with E-state index in [4.69, 9.17) is 9.84 Å². The standard InChI is InChI=1S/C6H12O2/c1-8-4-6-2-5(6)3-7/h5-7H,2-4H2,1H3/t5-,6-/m0/s1. The summed E-state index contributed by atoms with van der Waals surface area (Å²) in [6, 6.07) is 0. The van der Waals surface area contributed by atoms with Crippen molar-refractivity contribution in [3.8, 4) is 0 Å². The third-order valence-electron chi connectivity index (χ3n) is 1.68. The second kappa shape index (κ2) is 2.46. The highest BCUT2D eigenvalue weighted by Crippen LogP contribution is 2.37. The average molecular weight is 116 g/mol. The van der Waals surface area contributed by atoms with Gasteiger partial charge in [-0.05, 0) is 18.3 Å². The molecule has 48 valence electrons. The minimum Gasteiger partial charge on any atom is -0.396 e. The van der Waals surface area contributed by atoms with Crippen molar-refractivity contribution in [2.75, 3.05) is 20.3 Å². The third-order valence-corrected chi connectivity index (χ3v) is 1.68. The zero-order chi connectivity index (χ0) is 5.98. The summed E-state index contributed by atoms with van der Waals surface area (Å²) in [4.78, 5) is 0. The first kappa shape index (κ1) is 6.05. The van der Waals surface area contributed by atoms with Crippen LogP contribution in [-0.4, -0.2) is 25.4 Å². The number of rotatable bonds is 3. The van der Waals surface area contributed by atoms with Crippen molar-refractivity contribution in [3.05, 3.63) is 0 Å². The molecule has 8 heavy (non-hydrogen) atoms. The molecule has 0 saturated heterocycles. The Labute approximate surface area is 49.5 Å². The molecule has 1 saturated carbocycles. The van der Waals surface area contributed by atoms with Crippen LogP contribution in [0.2, 0.25) is 0 Å². The molecule has 1 aliphatic carbocycles. The van der Waals surface area contributed by atoms with Crippen LogP contribution < -0.4 is 0 Å². The molecule has 0 heterocycles. The fourth-order valence-corrected chi connectivity index (χ4v) is 0.952. The highest BCUT2D eigenvalue weighted by Gasteiger charge is 2.35. The van der Waals surface area contributed by atoms with E-state index < -0.39 is 0 Å². The Morgan fingerprint density at radius 2 is 2.38 bits per heavy atom. The first-order chi connectivity index (χ1) is 3.88. The first-order valence-corrected chi connectivity index (χ1v) is 2.98. The fraction of sp³-hybridized carbons (Fsp3) is 1.00. The van der Waals surface area contributed by atoms with E-state index in [0.717, 1.165) is 13.0 Å². The Balaban J connectivity index is 1.99. The summed E-state index contributed by atoms with van der Waals surface area (Å²) >= 11 is 0. The molecule has 0 spiro atoms. The van der Waals surface area contributed by atoms with E-state index in [-0.39, 0.29) is 0 Å². The summed E-state index contributed by atoms with van der Waals surface area (Å²) in [6.07, 6.45) is 1.16. The summed E-state index contributed by atoms with van der Waals surface area (Å²) in [5.74, 6) is 1.21. The smallest absolute Gasteiger partial charge is 0.0494 e. The summed E-state index contributed by atoms with van der Waals surface area (Å²) < 4.78 is 4.89. The molecular weight excluding hydrogens is 104 g/mol. The van der Waals surface area contributed by atoms with E-state index in [1.54, 1.807) is 7.11 Å². The number of hydrogen-bond acceptors (Lipinski definition) is 2.